The van der Waals surface area contributed by atoms with Crippen molar-refractivity contribution in [3.05, 3.63) is 65.6 Å². The van der Waals surface area contributed by atoms with Gasteiger partial charge in [-0.25, -0.2) is 14.4 Å². The molecule has 2 aliphatic rings. The van der Waals surface area contributed by atoms with E-state index in [0.29, 0.717) is 24.7 Å². The molecule has 0 bridgehead atoms. The Morgan fingerprint density at radius 2 is 1.89 bits per heavy atom. The molecular formula is C28H30FN5O3S. The number of aromatic nitrogens is 3. The fourth-order valence-corrected chi connectivity index (χ4v) is 6.47. The van der Waals surface area contributed by atoms with Gasteiger partial charge >= 0.3 is 0 Å². The van der Waals surface area contributed by atoms with Crippen molar-refractivity contribution in [1.29, 1.82) is 0 Å². The van der Waals surface area contributed by atoms with Gasteiger partial charge in [0.2, 0.25) is 5.95 Å². The highest BCUT2D eigenvalue weighted by molar-refractivity contribution is 7.21. The molecule has 3 heterocycles. The van der Waals surface area contributed by atoms with Gasteiger partial charge in [0.25, 0.3) is 0 Å². The molecule has 2 fully saturated rings. The minimum absolute atomic E-state index is 0.0206. The summed E-state index contributed by atoms with van der Waals surface area (Å²) in [5.74, 6) is 0.00731. The van der Waals surface area contributed by atoms with Gasteiger partial charge in [-0.05, 0) is 57.0 Å². The zero-order valence-electron chi connectivity index (χ0n) is 21.4. The molecule has 4 atom stereocenters. The molecule has 1 saturated carbocycles. The van der Waals surface area contributed by atoms with E-state index >= 15 is 0 Å². The Morgan fingerprint density at radius 3 is 2.68 bits per heavy atom. The molecule has 0 radical (unpaired) electrons. The third-order valence-electron chi connectivity index (χ3n) is 7.08. The summed E-state index contributed by atoms with van der Waals surface area (Å²) in [5, 5.41) is 17.7. The summed E-state index contributed by atoms with van der Waals surface area (Å²) in [7, 11) is 0. The number of fused-ring (bicyclic) bond motifs is 2. The number of para-hydroxylation sites is 1. The van der Waals surface area contributed by atoms with Crippen LogP contribution in [0.25, 0.3) is 20.8 Å². The molecule has 4 unspecified atom stereocenters. The minimum Gasteiger partial charge on any atom is -0.396 e. The second kappa shape index (κ2) is 9.85. The highest BCUT2D eigenvalue weighted by Gasteiger charge is 2.54. The average Bonchev–Trinajstić information content (AvgIpc) is 3.53. The number of anilines is 2. The van der Waals surface area contributed by atoms with Gasteiger partial charge in [-0.1, -0.05) is 24.3 Å². The van der Waals surface area contributed by atoms with Crippen molar-refractivity contribution >= 4 is 33.3 Å². The molecule has 1 saturated heterocycles. The number of hydrogen-bond acceptors (Lipinski definition) is 9. The van der Waals surface area contributed by atoms with Crippen molar-refractivity contribution in [2.75, 3.05) is 17.2 Å². The Labute approximate surface area is 224 Å². The van der Waals surface area contributed by atoms with Crippen LogP contribution in [0.1, 0.15) is 31.5 Å². The number of benzene rings is 2. The number of halogens is 1. The molecule has 0 spiro atoms. The summed E-state index contributed by atoms with van der Waals surface area (Å²) >= 11 is 1.59. The minimum atomic E-state index is -0.724. The lowest BCUT2D eigenvalue weighted by atomic mass is 10.1. The topological polar surface area (TPSA) is 101 Å². The van der Waals surface area contributed by atoms with Gasteiger partial charge < -0.3 is 25.2 Å². The van der Waals surface area contributed by atoms with Gasteiger partial charge in [0.1, 0.15) is 22.7 Å². The lowest BCUT2D eigenvalue weighted by Gasteiger charge is -2.25. The lowest BCUT2D eigenvalue weighted by Crippen LogP contribution is -2.35. The number of nitrogens with one attached hydrogen (secondary N) is 2. The Kier molecular flexibility index (Phi) is 6.51. The van der Waals surface area contributed by atoms with E-state index in [1.54, 1.807) is 17.4 Å². The van der Waals surface area contributed by atoms with Gasteiger partial charge in [0.05, 0.1) is 33.6 Å². The molecule has 1 aliphatic heterocycles. The quantitative estimate of drug-likeness (QED) is 0.300. The van der Waals surface area contributed by atoms with Crippen LogP contribution in [0.4, 0.5) is 16.2 Å². The van der Waals surface area contributed by atoms with Crippen LogP contribution in [0.5, 0.6) is 0 Å². The first-order valence-electron chi connectivity index (χ1n) is 12.8. The number of hydrogen-bond donors (Lipinski definition) is 3. The normalized spacial score (nSPS) is 24.0. The molecule has 38 heavy (non-hydrogen) atoms. The second-order valence-corrected chi connectivity index (χ2v) is 11.4. The Hall–Kier alpha value is -3.18. The highest BCUT2D eigenvalue weighted by atomic mass is 32.1. The smallest absolute Gasteiger partial charge is 0.225 e. The number of thiazole rings is 1. The summed E-state index contributed by atoms with van der Waals surface area (Å²) in [6.45, 7) is 6.13. The molecule has 6 rings (SSSR count). The zero-order valence-corrected chi connectivity index (χ0v) is 22.3. The van der Waals surface area contributed by atoms with Crippen LogP contribution in [0.15, 0.2) is 48.5 Å². The predicted molar refractivity (Wildman–Crippen MR) is 146 cm³/mol. The van der Waals surface area contributed by atoms with E-state index in [2.05, 4.69) is 10.6 Å². The van der Waals surface area contributed by atoms with Gasteiger partial charge in [0.15, 0.2) is 5.79 Å². The average molecular weight is 536 g/mol. The van der Waals surface area contributed by atoms with Crippen LogP contribution in [0, 0.1) is 18.7 Å². The summed E-state index contributed by atoms with van der Waals surface area (Å²) < 4.78 is 27.2. The van der Waals surface area contributed by atoms with Crippen molar-refractivity contribution in [2.45, 2.75) is 57.8 Å². The molecule has 10 heteroatoms. The van der Waals surface area contributed by atoms with Gasteiger partial charge in [-0.3, -0.25) is 0 Å². The number of nitrogens with zero attached hydrogens (tertiary/aromatic N) is 3. The monoisotopic (exact) mass is 535 g/mol. The fraction of sp³-hybridized carbons (Fsp3) is 0.393. The number of aliphatic hydroxyl groups is 1. The Balaban J connectivity index is 1.36. The molecule has 198 valence electrons. The molecule has 4 aromatic rings. The van der Waals surface area contributed by atoms with E-state index < -0.39 is 5.79 Å². The summed E-state index contributed by atoms with van der Waals surface area (Å²) in [4.78, 5) is 14.5. The Bertz CT molecular complexity index is 1450. The standard InChI is InChI=1S/C28H30FN5O3S/c1-15-22(26-33-19-9-4-5-10-21(19)38-26)25(34-27(31-15)30-13-16-7-6-8-18(29)11-16)32-20-12-17(14-35)23-24(20)37-28(2,3)36-23/h4-11,17,20,23-24,35H,12-14H2,1-3H3,(H2,30,31,32,34). The second-order valence-electron chi connectivity index (χ2n) is 10.3. The maximum absolute atomic E-state index is 13.7. The summed E-state index contributed by atoms with van der Waals surface area (Å²) in [5.41, 5.74) is 3.30. The van der Waals surface area contributed by atoms with Crippen molar-refractivity contribution in [1.82, 2.24) is 15.0 Å². The third-order valence-corrected chi connectivity index (χ3v) is 8.13. The molecule has 0 amide bonds. The Morgan fingerprint density at radius 1 is 1.08 bits per heavy atom. The van der Waals surface area contributed by atoms with Crippen molar-refractivity contribution in [3.8, 4) is 10.6 Å². The SMILES string of the molecule is Cc1nc(NCc2cccc(F)c2)nc(NC2CC(CO)C3OC(C)(C)OC23)c1-c1nc2ccccc2s1. The molecule has 1 aliphatic carbocycles. The zero-order chi connectivity index (χ0) is 26.4. The summed E-state index contributed by atoms with van der Waals surface area (Å²) in [6, 6.07) is 14.3. The van der Waals surface area contributed by atoms with Gasteiger partial charge in [-0.2, -0.15) is 4.98 Å². The van der Waals surface area contributed by atoms with Crippen molar-refractivity contribution in [3.63, 3.8) is 0 Å². The molecule has 2 aromatic carbocycles. The van der Waals surface area contributed by atoms with Crippen molar-refractivity contribution in [2.24, 2.45) is 5.92 Å². The summed E-state index contributed by atoms with van der Waals surface area (Å²) in [6.07, 6.45) is 0.243. The van der Waals surface area contributed by atoms with Crippen LogP contribution >= 0.6 is 11.3 Å². The maximum Gasteiger partial charge on any atom is 0.225 e. The van der Waals surface area contributed by atoms with Crippen LogP contribution in [0.2, 0.25) is 0 Å². The van der Waals surface area contributed by atoms with Crippen LogP contribution < -0.4 is 10.6 Å². The van der Waals surface area contributed by atoms with E-state index in [-0.39, 0.29) is 36.6 Å². The third kappa shape index (κ3) is 4.84. The van der Waals surface area contributed by atoms with Gasteiger partial charge in [0, 0.05) is 19.1 Å². The number of rotatable bonds is 7. The van der Waals surface area contributed by atoms with E-state index in [1.165, 1.54) is 12.1 Å². The number of aliphatic hydroxyl groups excluding tert-OH is 1. The maximum atomic E-state index is 13.7. The van der Waals surface area contributed by atoms with Crippen molar-refractivity contribution < 1.29 is 19.0 Å². The predicted octanol–water partition coefficient (Wildman–Crippen LogP) is 5.13. The molecule has 8 nitrogen and oxygen atoms in total. The first kappa shape index (κ1) is 25.1. The lowest BCUT2D eigenvalue weighted by molar-refractivity contribution is -0.158. The van der Waals surface area contributed by atoms with E-state index in [0.717, 1.165) is 32.0 Å². The first-order chi connectivity index (χ1) is 18.3. The van der Waals surface area contributed by atoms with E-state index in [1.807, 2.05) is 51.1 Å². The largest absolute Gasteiger partial charge is 0.396 e. The van der Waals surface area contributed by atoms with E-state index in [4.69, 9.17) is 24.4 Å². The molecular weight excluding hydrogens is 505 g/mol. The van der Waals surface area contributed by atoms with Crippen LogP contribution in [-0.4, -0.2) is 50.7 Å². The van der Waals surface area contributed by atoms with E-state index in [9.17, 15) is 9.50 Å². The van der Waals surface area contributed by atoms with Gasteiger partial charge in [-0.15, -0.1) is 11.3 Å². The van der Waals surface area contributed by atoms with Crippen LogP contribution in [0.3, 0.4) is 0 Å². The number of aryl methyl sites for hydroxylation is 1. The molecule has 3 N–H and O–H groups in total. The fourth-order valence-electron chi connectivity index (χ4n) is 5.40. The highest BCUT2D eigenvalue weighted by Crippen LogP contribution is 2.44. The van der Waals surface area contributed by atoms with Crippen LogP contribution in [-0.2, 0) is 16.0 Å². The first-order valence-corrected chi connectivity index (χ1v) is 13.6. The number of ether oxygens (including phenoxy) is 2. The molecule has 2 aromatic heterocycles.